The van der Waals surface area contributed by atoms with E-state index >= 15 is 0 Å². The van der Waals surface area contributed by atoms with Crippen molar-refractivity contribution in [2.24, 2.45) is 0 Å². The standard InChI is InChI=1S/C8H10N2O/c11-4-6-1-2-8-7(6)3-9-5-10-8/h3,5-6,11H,1-2,4H2. The van der Waals surface area contributed by atoms with Gasteiger partial charge in [0.15, 0.2) is 0 Å². The first-order valence-electron chi connectivity index (χ1n) is 3.81. The van der Waals surface area contributed by atoms with Crippen molar-refractivity contribution < 1.29 is 5.11 Å². The predicted octanol–water partition coefficient (Wildman–Crippen LogP) is 0.499. The third kappa shape index (κ3) is 1.01. The highest BCUT2D eigenvalue weighted by Gasteiger charge is 2.22. The molecule has 1 N–H and O–H groups in total. The lowest BCUT2D eigenvalue weighted by Gasteiger charge is -2.04. The Morgan fingerprint density at radius 2 is 2.55 bits per heavy atom. The molecule has 1 atom stereocenters. The molecule has 3 nitrogen and oxygen atoms in total. The van der Waals surface area contributed by atoms with Crippen molar-refractivity contribution >= 4 is 0 Å². The second kappa shape index (κ2) is 2.58. The SMILES string of the molecule is OCC1CCc2ncncc21. The number of fused-ring (bicyclic) bond motifs is 1. The fourth-order valence-electron chi connectivity index (χ4n) is 1.57. The molecule has 0 aliphatic heterocycles. The van der Waals surface area contributed by atoms with Crippen molar-refractivity contribution in [3.63, 3.8) is 0 Å². The molecule has 1 aliphatic carbocycles. The van der Waals surface area contributed by atoms with Crippen molar-refractivity contribution in [2.75, 3.05) is 6.61 Å². The summed E-state index contributed by atoms with van der Waals surface area (Å²) in [5.41, 5.74) is 2.24. The van der Waals surface area contributed by atoms with Crippen LogP contribution in [0.3, 0.4) is 0 Å². The molecule has 0 radical (unpaired) electrons. The van der Waals surface area contributed by atoms with E-state index in [1.54, 1.807) is 6.33 Å². The first-order valence-corrected chi connectivity index (χ1v) is 3.81. The highest BCUT2D eigenvalue weighted by atomic mass is 16.3. The van der Waals surface area contributed by atoms with Crippen LogP contribution in [-0.2, 0) is 6.42 Å². The van der Waals surface area contributed by atoms with Gasteiger partial charge in [-0.15, -0.1) is 0 Å². The Hall–Kier alpha value is -0.960. The Morgan fingerprint density at radius 1 is 1.64 bits per heavy atom. The zero-order chi connectivity index (χ0) is 7.68. The summed E-state index contributed by atoms with van der Waals surface area (Å²) in [5, 5.41) is 8.96. The van der Waals surface area contributed by atoms with Gasteiger partial charge in [0.25, 0.3) is 0 Å². The minimum Gasteiger partial charge on any atom is -0.396 e. The summed E-state index contributed by atoms with van der Waals surface area (Å²) in [6.45, 7) is 0.223. The van der Waals surface area contributed by atoms with Crippen LogP contribution in [-0.4, -0.2) is 21.7 Å². The fraction of sp³-hybridized carbons (Fsp3) is 0.500. The van der Waals surface area contributed by atoms with E-state index in [2.05, 4.69) is 9.97 Å². The van der Waals surface area contributed by atoms with Crippen molar-refractivity contribution in [3.8, 4) is 0 Å². The predicted molar refractivity (Wildman–Crippen MR) is 40.2 cm³/mol. The fourth-order valence-corrected chi connectivity index (χ4v) is 1.57. The molecule has 0 spiro atoms. The summed E-state index contributed by atoms with van der Waals surface area (Å²) >= 11 is 0. The van der Waals surface area contributed by atoms with Crippen LogP contribution in [0.25, 0.3) is 0 Å². The van der Waals surface area contributed by atoms with Crippen LogP contribution in [0.4, 0.5) is 0 Å². The smallest absolute Gasteiger partial charge is 0.115 e. The van der Waals surface area contributed by atoms with Gasteiger partial charge in [0.1, 0.15) is 6.33 Å². The molecule has 1 aromatic rings. The number of hydrogen-bond acceptors (Lipinski definition) is 3. The van der Waals surface area contributed by atoms with Crippen LogP contribution in [0.1, 0.15) is 23.6 Å². The third-order valence-electron chi connectivity index (χ3n) is 2.22. The molecule has 0 fully saturated rings. The van der Waals surface area contributed by atoms with Crippen LogP contribution in [0.5, 0.6) is 0 Å². The molecule has 3 heteroatoms. The molecule has 0 saturated heterocycles. The van der Waals surface area contributed by atoms with Crippen LogP contribution in [0.15, 0.2) is 12.5 Å². The molecular weight excluding hydrogens is 140 g/mol. The first kappa shape index (κ1) is 6.73. The molecule has 2 rings (SSSR count). The lowest BCUT2D eigenvalue weighted by molar-refractivity contribution is 0.265. The van der Waals surface area contributed by atoms with E-state index in [1.165, 1.54) is 0 Å². The lowest BCUT2D eigenvalue weighted by Crippen LogP contribution is -1.99. The topological polar surface area (TPSA) is 46.0 Å². The molecule has 0 amide bonds. The Morgan fingerprint density at radius 3 is 3.36 bits per heavy atom. The lowest BCUT2D eigenvalue weighted by atomic mass is 10.1. The third-order valence-corrected chi connectivity index (χ3v) is 2.22. The number of hydrogen-bond donors (Lipinski definition) is 1. The molecule has 1 aliphatic rings. The van der Waals surface area contributed by atoms with Gasteiger partial charge in [0, 0.05) is 17.8 Å². The first-order chi connectivity index (χ1) is 5.42. The van der Waals surface area contributed by atoms with E-state index in [0.29, 0.717) is 0 Å². The molecule has 11 heavy (non-hydrogen) atoms. The zero-order valence-corrected chi connectivity index (χ0v) is 6.20. The van der Waals surface area contributed by atoms with Crippen LogP contribution < -0.4 is 0 Å². The van der Waals surface area contributed by atoms with E-state index in [9.17, 15) is 0 Å². The van der Waals surface area contributed by atoms with E-state index in [1.807, 2.05) is 6.20 Å². The molecule has 0 saturated carbocycles. The van der Waals surface area contributed by atoms with Crippen LogP contribution in [0.2, 0.25) is 0 Å². The Kier molecular flexibility index (Phi) is 1.58. The van der Waals surface area contributed by atoms with Crippen molar-refractivity contribution in [2.45, 2.75) is 18.8 Å². The van der Waals surface area contributed by atoms with Crippen molar-refractivity contribution in [1.82, 2.24) is 9.97 Å². The molecule has 0 bridgehead atoms. The van der Waals surface area contributed by atoms with Gasteiger partial charge in [-0.05, 0) is 18.4 Å². The van der Waals surface area contributed by atoms with Crippen LogP contribution >= 0.6 is 0 Å². The summed E-state index contributed by atoms with van der Waals surface area (Å²) in [6, 6.07) is 0. The molecule has 1 unspecified atom stereocenters. The van der Waals surface area contributed by atoms with E-state index in [-0.39, 0.29) is 12.5 Å². The van der Waals surface area contributed by atoms with E-state index < -0.39 is 0 Å². The van der Waals surface area contributed by atoms with Gasteiger partial charge in [-0.1, -0.05) is 0 Å². The second-order valence-corrected chi connectivity index (χ2v) is 2.84. The van der Waals surface area contributed by atoms with Crippen LogP contribution in [0, 0.1) is 0 Å². The van der Waals surface area contributed by atoms with Gasteiger partial charge < -0.3 is 5.11 Å². The van der Waals surface area contributed by atoms with E-state index in [0.717, 1.165) is 24.1 Å². The van der Waals surface area contributed by atoms with Gasteiger partial charge in [0.2, 0.25) is 0 Å². The zero-order valence-electron chi connectivity index (χ0n) is 6.20. The Balaban J connectivity index is 2.39. The van der Waals surface area contributed by atoms with Gasteiger partial charge in [-0.3, -0.25) is 0 Å². The number of aliphatic hydroxyl groups excluding tert-OH is 1. The second-order valence-electron chi connectivity index (χ2n) is 2.84. The molecule has 1 aromatic heterocycles. The Bertz CT molecular complexity index is 262. The normalized spacial score (nSPS) is 21.7. The maximum atomic E-state index is 8.96. The van der Waals surface area contributed by atoms with Crippen molar-refractivity contribution in [1.29, 1.82) is 0 Å². The molecule has 0 aromatic carbocycles. The summed E-state index contributed by atoms with van der Waals surface area (Å²) in [6.07, 6.45) is 5.39. The maximum absolute atomic E-state index is 8.96. The number of nitrogens with zero attached hydrogens (tertiary/aromatic N) is 2. The Labute approximate surface area is 65.1 Å². The van der Waals surface area contributed by atoms with Crippen molar-refractivity contribution in [3.05, 3.63) is 23.8 Å². The van der Waals surface area contributed by atoms with Gasteiger partial charge in [-0.2, -0.15) is 0 Å². The summed E-state index contributed by atoms with van der Waals surface area (Å²) in [7, 11) is 0. The molecule has 1 heterocycles. The van der Waals surface area contributed by atoms with Gasteiger partial charge >= 0.3 is 0 Å². The van der Waals surface area contributed by atoms with E-state index in [4.69, 9.17) is 5.11 Å². The number of aryl methyl sites for hydroxylation is 1. The molecular formula is C8H10N2O. The summed E-state index contributed by atoms with van der Waals surface area (Å²) in [5.74, 6) is 0.284. The molecule has 58 valence electrons. The monoisotopic (exact) mass is 150 g/mol. The highest BCUT2D eigenvalue weighted by molar-refractivity contribution is 5.26. The number of rotatable bonds is 1. The minimum absolute atomic E-state index is 0.223. The highest BCUT2D eigenvalue weighted by Crippen LogP contribution is 2.29. The average Bonchev–Trinajstić information content (AvgIpc) is 2.47. The van der Waals surface area contributed by atoms with Gasteiger partial charge in [0.05, 0.1) is 6.61 Å². The van der Waals surface area contributed by atoms with Gasteiger partial charge in [-0.25, -0.2) is 9.97 Å². The maximum Gasteiger partial charge on any atom is 0.115 e. The number of aliphatic hydroxyl groups is 1. The number of aromatic nitrogens is 2. The average molecular weight is 150 g/mol. The summed E-state index contributed by atoms with van der Waals surface area (Å²) < 4.78 is 0. The quantitative estimate of drug-likeness (QED) is 0.634. The largest absolute Gasteiger partial charge is 0.396 e. The minimum atomic E-state index is 0.223. The summed E-state index contributed by atoms with van der Waals surface area (Å²) in [4.78, 5) is 8.07.